The van der Waals surface area contributed by atoms with Gasteiger partial charge >= 0.3 is 0 Å². The maximum absolute atomic E-state index is 15.0. The van der Waals surface area contributed by atoms with Gasteiger partial charge in [0.25, 0.3) is 5.91 Å². The number of hydrogen-bond acceptors (Lipinski definition) is 7. The van der Waals surface area contributed by atoms with E-state index in [1.165, 1.54) is 30.5 Å². The van der Waals surface area contributed by atoms with Crippen LogP contribution >= 0.6 is 22.6 Å². The van der Waals surface area contributed by atoms with Crippen molar-refractivity contribution < 1.29 is 28.9 Å². The number of nitrogen functional groups attached to an aromatic ring is 1. The summed E-state index contributed by atoms with van der Waals surface area (Å²) in [5, 5.41) is 32.0. The van der Waals surface area contributed by atoms with Crippen LogP contribution in [0.15, 0.2) is 42.6 Å². The molecule has 0 aliphatic heterocycles. The zero-order valence-corrected chi connectivity index (χ0v) is 21.2. The molecule has 0 bridgehead atoms. The second kappa shape index (κ2) is 11.1. The number of carbonyl (C=O) groups excluding carboxylic acids is 1. The summed E-state index contributed by atoms with van der Waals surface area (Å²) in [5.74, 6) is -2.18. The molecule has 4 rings (SSSR count). The Hall–Kier alpha value is -2.74. The zero-order valence-electron chi connectivity index (χ0n) is 19.0. The fourth-order valence-corrected chi connectivity index (χ4v) is 4.97. The molecule has 3 aromatic rings. The molecule has 1 aromatic heterocycles. The van der Waals surface area contributed by atoms with Gasteiger partial charge in [-0.05, 0) is 77.7 Å². The molecular weight excluding hydrogens is 585 g/mol. The molecule has 0 radical (unpaired) electrons. The Morgan fingerprint density at radius 1 is 1.17 bits per heavy atom. The van der Waals surface area contributed by atoms with E-state index in [4.69, 9.17) is 5.73 Å². The van der Waals surface area contributed by atoms with Crippen LogP contribution in [0.4, 0.5) is 14.6 Å². The highest BCUT2D eigenvalue weighted by Crippen LogP contribution is 2.34. The van der Waals surface area contributed by atoms with Crippen LogP contribution in [-0.4, -0.2) is 50.0 Å². The molecule has 11 heteroatoms. The first-order chi connectivity index (χ1) is 17.2. The van der Waals surface area contributed by atoms with Crippen LogP contribution in [0.1, 0.15) is 52.8 Å². The number of halogens is 3. The number of aliphatic hydroxyl groups is 3. The minimum atomic E-state index is -0.927. The lowest BCUT2D eigenvalue weighted by Gasteiger charge is -2.29. The molecule has 4 atom stereocenters. The second-order valence-electron chi connectivity index (χ2n) is 8.78. The Morgan fingerprint density at radius 3 is 2.61 bits per heavy atom. The van der Waals surface area contributed by atoms with Crippen LogP contribution in [0.25, 0.3) is 11.3 Å². The third-order valence-corrected chi connectivity index (χ3v) is 6.90. The average molecular weight is 610 g/mol. The van der Waals surface area contributed by atoms with Crippen molar-refractivity contribution in [3.63, 3.8) is 0 Å². The number of aliphatic hydroxyl groups excluding tert-OH is 3. The Morgan fingerprint density at radius 2 is 1.94 bits per heavy atom. The van der Waals surface area contributed by atoms with Crippen LogP contribution < -0.4 is 11.1 Å². The molecule has 1 heterocycles. The number of benzene rings is 2. The summed E-state index contributed by atoms with van der Waals surface area (Å²) in [4.78, 5) is 21.5. The molecule has 190 valence electrons. The molecule has 1 amide bonds. The van der Waals surface area contributed by atoms with Crippen LogP contribution in [0.2, 0.25) is 0 Å². The maximum Gasteiger partial charge on any atom is 0.254 e. The van der Waals surface area contributed by atoms with Gasteiger partial charge in [0.15, 0.2) is 0 Å². The molecule has 2 aromatic carbocycles. The minimum Gasteiger partial charge on any atom is -0.394 e. The van der Waals surface area contributed by atoms with E-state index in [1.54, 1.807) is 6.07 Å². The van der Waals surface area contributed by atoms with E-state index >= 15 is 4.39 Å². The van der Waals surface area contributed by atoms with E-state index in [9.17, 15) is 24.5 Å². The molecule has 36 heavy (non-hydrogen) atoms. The highest BCUT2D eigenvalue weighted by Gasteiger charge is 2.30. The van der Waals surface area contributed by atoms with Crippen molar-refractivity contribution in [2.75, 3.05) is 12.3 Å². The predicted molar refractivity (Wildman–Crippen MR) is 137 cm³/mol. The standard InChI is InChI=1S/C25H25F2IN4O4/c26-15-5-14(6-16(28)9-15)20(11-33)32-25(36)17-3-1-13(7-18(17)27)23-24(29)30-10-19(31-23)12-2-4-21(34)22(35)8-12/h1,3,5-7,9-10,12,20-22,33-35H,2,4,8,11H2,(H2,29,30)(H,32,36)/t12-,20?,21-,22-/m0/s1. The van der Waals surface area contributed by atoms with Crippen molar-refractivity contribution in [1.29, 1.82) is 0 Å². The summed E-state index contributed by atoms with van der Waals surface area (Å²) in [6.07, 6.45) is 1.23. The summed E-state index contributed by atoms with van der Waals surface area (Å²) in [6.45, 7) is -0.503. The smallest absolute Gasteiger partial charge is 0.254 e. The summed E-state index contributed by atoms with van der Waals surface area (Å²) in [7, 11) is 0. The van der Waals surface area contributed by atoms with Crippen LogP contribution in [0.3, 0.4) is 0 Å². The van der Waals surface area contributed by atoms with E-state index in [-0.39, 0.29) is 23.0 Å². The second-order valence-corrected chi connectivity index (χ2v) is 10.0. The third-order valence-electron chi connectivity index (χ3n) is 6.28. The maximum atomic E-state index is 15.0. The lowest BCUT2D eigenvalue weighted by Crippen LogP contribution is -2.33. The number of nitrogens with zero attached hydrogens (tertiary/aromatic N) is 2. The van der Waals surface area contributed by atoms with Gasteiger partial charge in [0.1, 0.15) is 23.1 Å². The largest absolute Gasteiger partial charge is 0.394 e. The highest BCUT2D eigenvalue weighted by molar-refractivity contribution is 14.1. The number of anilines is 1. The van der Waals surface area contributed by atoms with Gasteiger partial charge in [0.2, 0.25) is 0 Å². The van der Waals surface area contributed by atoms with Gasteiger partial charge in [-0.25, -0.2) is 18.7 Å². The third kappa shape index (κ3) is 5.80. The predicted octanol–water partition coefficient (Wildman–Crippen LogP) is 3.06. The van der Waals surface area contributed by atoms with Crippen molar-refractivity contribution in [2.24, 2.45) is 0 Å². The van der Waals surface area contributed by atoms with E-state index in [0.717, 1.165) is 6.07 Å². The number of hydrogen-bond donors (Lipinski definition) is 5. The normalized spacial score (nSPS) is 20.7. The van der Waals surface area contributed by atoms with Gasteiger partial charge in [-0.15, -0.1) is 0 Å². The van der Waals surface area contributed by atoms with Gasteiger partial charge in [-0.3, -0.25) is 4.79 Å². The summed E-state index contributed by atoms with van der Waals surface area (Å²) in [6, 6.07) is 7.08. The zero-order chi connectivity index (χ0) is 26.0. The molecule has 0 saturated heterocycles. The van der Waals surface area contributed by atoms with E-state index in [0.29, 0.717) is 39.7 Å². The molecule has 0 spiro atoms. The molecule has 8 nitrogen and oxygen atoms in total. The van der Waals surface area contributed by atoms with Crippen LogP contribution in [-0.2, 0) is 0 Å². The van der Waals surface area contributed by atoms with E-state index in [1.807, 2.05) is 22.6 Å². The van der Waals surface area contributed by atoms with Crippen LogP contribution in [0.5, 0.6) is 0 Å². The highest BCUT2D eigenvalue weighted by atomic mass is 127. The van der Waals surface area contributed by atoms with E-state index < -0.39 is 42.4 Å². The van der Waals surface area contributed by atoms with Crippen molar-refractivity contribution >= 4 is 34.3 Å². The van der Waals surface area contributed by atoms with Gasteiger partial charge in [0, 0.05) is 15.1 Å². The number of nitrogens with two attached hydrogens (primary N) is 1. The molecule has 6 N–H and O–H groups in total. The van der Waals surface area contributed by atoms with Crippen molar-refractivity contribution in [1.82, 2.24) is 15.3 Å². The average Bonchev–Trinajstić information content (AvgIpc) is 2.83. The molecule has 1 aliphatic rings. The van der Waals surface area contributed by atoms with Gasteiger partial charge < -0.3 is 26.4 Å². The fraction of sp³-hybridized carbons (Fsp3) is 0.320. The molecule has 1 aliphatic carbocycles. The van der Waals surface area contributed by atoms with Gasteiger partial charge in [0.05, 0.1) is 42.3 Å². The summed E-state index contributed by atoms with van der Waals surface area (Å²) in [5.41, 5.74) is 7.20. The van der Waals surface area contributed by atoms with Gasteiger partial charge in [-0.2, -0.15) is 0 Å². The minimum absolute atomic E-state index is 0.0767. The molecular formula is C25H25F2IN4O4. The van der Waals surface area contributed by atoms with Crippen molar-refractivity contribution in [3.05, 3.63) is 74.6 Å². The van der Waals surface area contributed by atoms with Crippen molar-refractivity contribution in [2.45, 2.75) is 43.4 Å². The number of amides is 1. The fourth-order valence-electron chi connectivity index (χ4n) is 4.31. The Bertz CT molecular complexity index is 1260. The molecule has 1 saturated carbocycles. The number of rotatable bonds is 6. The quantitative estimate of drug-likeness (QED) is 0.270. The topological polar surface area (TPSA) is 142 Å². The first kappa shape index (κ1) is 26.3. The Kier molecular flexibility index (Phi) is 8.13. The van der Waals surface area contributed by atoms with Crippen molar-refractivity contribution in [3.8, 4) is 11.3 Å². The Balaban J connectivity index is 1.56. The molecule has 1 fully saturated rings. The number of aromatic nitrogens is 2. The Labute approximate surface area is 219 Å². The lowest BCUT2D eigenvalue weighted by molar-refractivity contribution is -0.0153. The monoisotopic (exact) mass is 610 g/mol. The number of carbonyl (C=O) groups is 1. The number of nitrogens with one attached hydrogen (secondary N) is 1. The first-order valence-corrected chi connectivity index (χ1v) is 12.4. The van der Waals surface area contributed by atoms with Crippen LogP contribution in [0, 0.1) is 15.2 Å². The first-order valence-electron chi connectivity index (χ1n) is 11.3. The summed E-state index contributed by atoms with van der Waals surface area (Å²) >= 11 is 1.92. The summed E-state index contributed by atoms with van der Waals surface area (Å²) < 4.78 is 29.4. The SMILES string of the molecule is Nc1ncc([C@H]2CC[C@H](O)[C@@H](O)C2)nc1-c1ccc(C(=O)NC(CO)c2cc(F)cc(I)c2)c(F)c1. The van der Waals surface area contributed by atoms with E-state index in [2.05, 4.69) is 15.3 Å². The lowest BCUT2D eigenvalue weighted by atomic mass is 9.83. The van der Waals surface area contributed by atoms with Gasteiger partial charge in [-0.1, -0.05) is 6.07 Å². The molecule has 1 unspecified atom stereocenters.